The lowest BCUT2D eigenvalue weighted by Gasteiger charge is -2.31. The SMILES string of the molecule is CCCCCCCCCCCCCCCCc1ccc(C(O)(c2ccc(CCCCCCCCCCCCCCCC)cc2)c2c(-c3ccc([Si](C)(C)C)s3)sc3c(C(O)(c4ccc(CCCCCCCCCCCCCCCC)cc4)c4ccc(CCCCCCCCCCCCCCCC)cc4)c(-c4ccc([Si](C)(C)C)s4)sc23)cc1. The van der Waals surface area contributed by atoms with Crippen molar-refractivity contribution in [1.29, 1.82) is 0 Å². The molecule has 0 amide bonds. The highest BCUT2D eigenvalue weighted by Gasteiger charge is 2.46. The van der Waals surface area contributed by atoms with E-state index >= 15 is 10.2 Å². The van der Waals surface area contributed by atoms with Crippen LogP contribution in [-0.4, -0.2) is 26.4 Å². The fourth-order valence-corrected chi connectivity index (χ4v) is 27.4. The molecule has 656 valence electrons. The minimum atomic E-state index is -1.77. The summed E-state index contributed by atoms with van der Waals surface area (Å²) in [5, 5.41) is 30.3. The molecular weight excluding hydrogens is 1540 g/mol. The Morgan fingerprint density at radius 3 is 0.542 bits per heavy atom. The summed E-state index contributed by atoms with van der Waals surface area (Å²) in [5.41, 5.74) is 7.87. The molecule has 4 heterocycles. The highest BCUT2D eigenvalue weighted by atomic mass is 32.1. The van der Waals surface area contributed by atoms with Crippen molar-refractivity contribution >= 4 is 79.9 Å². The van der Waals surface area contributed by atoms with Gasteiger partial charge in [-0.15, -0.1) is 45.3 Å². The summed E-state index contributed by atoms with van der Waals surface area (Å²) in [6.07, 6.45) is 80.4. The van der Waals surface area contributed by atoms with Gasteiger partial charge in [-0.2, -0.15) is 0 Å². The highest BCUT2D eigenvalue weighted by molar-refractivity contribution is 7.36. The van der Waals surface area contributed by atoms with Crippen molar-refractivity contribution in [2.45, 2.75) is 463 Å². The minimum Gasteiger partial charge on any atom is -0.376 e. The van der Waals surface area contributed by atoms with Crippen molar-refractivity contribution in [1.82, 2.24) is 0 Å². The van der Waals surface area contributed by atoms with E-state index in [9.17, 15) is 0 Å². The number of hydrogen-bond donors (Lipinski definition) is 2. The van der Waals surface area contributed by atoms with Crippen LogP contribution in [0.3, 0.4) is 0 Å². The van der Waals surface area contributed by atoms with Crippen LogP contribution in [0.5, 0.6) is 0 Å². The van der Waals surface area contributed by atoms with E-state index in [4.69, 9.17) is 0 Å². The predicted molar refractivity (Wildman–Crippen MR) is 538 cm³/mol. The summed E-state index contributed by atoms with van der Waals surface area (Å²) < 4.78 is 5.10. The lowest BCUT2D eigenvalue weighted by molar-refractivity contribution is 0.127. The Kier molecular flexibility index (Phi) is 48.2. The van der Waals surface area contributed by atoms with Crippen LogP contribution in [-0.2, 0) is 36.9 Å². The van der Waals surface area contributed by atoms with Crippen LogP contribution in [0.15, 0.2) is 121 Å². The van der Waals surface area contributed by atoms with Gasteiger partial charge in [0.05, 0.1) is 35.3 Å². The first-order valence-electron chi connectivity index (χ1n) is 50.2. The normalized spacial score (nSPS) is 12.4. The molecule has 0 saturated heterocycles. The van der Waals surface area contributed by atoms with Crippen LogP contribution < -0.4 is 9.00 Å². The van der Waals surface area contributed by atoms with Crippen LogP contribution in [0.2, 0.25) is 39.3 Å². The van der Waals surface area contributed by atoms with E-state index in [2.05, 4.69) is 188 Å². The largest absolute Gasteiger partial charge is 0.376 e. The molecule has 0 aliphatic carbocycles. The van der Waals surface area contributed by atoms with Crippen molar-refractivity contribution in [2.75, 3.05) is 0 Å². The Morgan fingerprint density at radius 2 is 0.381 bits per heavy atom. The molecule has 0 fully saturated rings. The molecule has 0 aliphatic rings. The first-order chi connectivity index (χ1) is 57.5. The number of thiophene rings is 4. The molecule has 118 heavy (non-hydrogen) atoms. The fraction of sp³-hybridized carbons (Fsp3) is 0.655. The molecular formula is C110H172O2S4Si2. The molecule has 4 aromatic heterocycles. The second kappa shape index (κ2) is 57.0. The summed E-state index contributed by atoms with van der Waals surface area (Å²) >= 11 is 7.56. The lowest BCUT2D eigenvalue weighted by Crippen LogP contribution is -2.34. The number of rotatable bonds is 70. The second-order valence-corrected chi connectivity index (χ2v) is 53.7. The molecule has 0 radical (unpaired) electrons. The van der Waals surface area contributed by atoms with Crippen LogP contribution in [0.4, 0.5) is 0 Å². The van der Waals surface area contributed by atoms with E-state index in [1.807, 2.05) is 45.3 Å². The zero-order valence-electron chi connectivity index (χ0n) is 77.5. The van der Waals surface area contributed by atoms with Crippen LogP contribution in [0.25, 0.3) is 28.9 Å². The number of aliphatic hydroxyl groups is 2. The maximum atomic E-state index is 15.2. The van der Waals surface area contributed by atoms with Gasteiger partial charge >= 0.3 is 0 Å². The van der Waals surface area contributed by atoms with Gasteiger partial charge in [-0.1, -0.05) is 510 Å². The Bertz CT molecular complexity index is 3450. The average molecular weight is 1710 g/mol. The monoisotopic (exact) mass is 1710 g/mol. The first-order valence-corrected chi connectivity index (χ1v) is 60.4. The topological polar surface area (TPSA) is 40.5 Å². The van der Waals surface area contributed by atoms with Gasteiger partial charge in [0.2, 0.25) is 0 Å². The van der Waals surface area contributed by atoms with Crippen molar-refractivity contribution in [3.05, 3.63) is 177 Å². The summed E-state index contributed by atoms with van der Waals surface area (Å²) in [4.78, 5) is 4.65. The van der Waals surface area contributed by atoms with Crippen LogP contribution in [0, 0.1) is 0 Å². The summed E-state index contributed by atoms with van der Waals surface area (Å²) in [6, 6.07) is 46.8. The number of fused-ring (bicyclic) bond motifs is 1. The Hall–Kier alpha value is -3.71. The lowest BCUT2D eigenvalue weighted by atomic mass is 9.78. The molecule has 0 atom stereocenters. The van der Waals surface area contributed by atoms with Gasteiger partial charge in [-0.3, -0.25) is 0 Å². The first kappa shape index (κ1) is 99.7. The smallest absolute Gasteiger partial charge is 0.143 e. The number of aryl methyl sites for hydroxylation is 4. The Balaban J connectivity index is 1.15. The van der Waals surface area contributed by atoms with Gasteiger partial charge in [-0.05, 0) is 117 Å². The molecule has 2 N–H and O–H groups in total. The van der Waals surface area contributed by atoms with Crippen LogP contribution in [0.1, 0.15) is 443 Å². The molecule has 0 bridgehead atoms. The molecule has 0 unspecified atom stereocenters. The van der Waals surface area contributed by atoms with Gasteiger partial charge in [-0.25, -0.2) is 0 Å². The third kappa shape index (κ3) is 34.0. The van der Waals surface area contributed by atoms with Crippen molar-refractivity contribution in [3.63, 3.8) is 0 Å². The molecule has 0 saturated carbocycles. The summed E-state index contributed by atoms with van der Waals surface area (Å²) in [7, 11) is -3.53. The fourth-order valence-electron chi connectivity index (χ4n) is 18.3. The molecule has 0 spiro atoms. The second-order valence-electron chi connectivity index (χ2n) is 38.7. The van der Waals surface area contributed by atoms with Crippen molar-refractivity contribution < 1.29 is 10.2 Å². The number of unbranched alkanes of at least 4 members (excludes halogenated alkanes) is 52. The maximum Gasteiger partial charge on any atom is 0.143 e. The van der Waals surface area contributed by atoms with Gasteiger partial charge in [0.25, 0.3) is 0 Å². The minimum absolute atomic E-state index is 0.910. The Labute approximate surface area is 744 Å². The molecule has 0 aliphatic heterocycles. The van der Waals surface area contributed by atoms with E-state index in [1.165, 1.54) is 401 Å². The average Bonchev–Trinajstić information content (AvgIpc) is 1.53. The maximum absolute atomic E-state index is 15.2. The zero-order valence-corrected chi connectivity index (χ0v) is 82.8. The summed E-state index contributed by atoms with van der Waals surface area (Å²) in [6.45, 7) is 24.1. The molecule has 8 heteroatoms. The highest BCUT2D eigenvalue weighted by Crippen LogP contribution is 2.59. The van der Waals surface area contributed by atoms with Gasteiger partial charge in [0.1, 0.15) is 11.2 Å². The number of benzene rings is 4. The third-order valence-corrected chi connectivity index (χ3v) is 38.4. The van der Waals surface area contributed by atoms with E-state index in [0.717, 1.165) is 78.2 Å². The van der Waals surface area contributed by atoms with E-state index in [1.54, 1.807) is 0 Å². The Morgan fingerprint density at radius 1 is 0.212 bits per heavy atom. The van der Waals surface area contributed by atoms with Gasteiger partial charge in [0.15, 0.2) is 0 Å². The van der Waals surface area contributed by atoms with Crippen molar-refractivity contribution in [2.24, 2.45) is 0 Å². The quantitative estimate of drug-likeness (QED) is 0.0295. The summed E-state index contributed by atoms with van der Waals surface area (Å²) in [5.74, 6) is 0. The van der Waals surface area contributed by atoms with E-state index < -0.39 is 27.3 Å². The number of hydrogen-bond acceptors (Lipinski definition) is 6. The third-order valence-electron chi connectivity index (χ3n) is 26.1. The standard InChI is InChI=1S/C110H172O2S4Si2/c1-11-15-19-23-27-31-35-39-43-47-51-55-59-63-67-91-71-79-95(80-72-91)109(111,96-81-73-92(74-82-96)68-64-60-56-52-48-44-40-36-32-28-24-20-16-12-2)103-105(99-87-89-101(113-99)117(5,6)7)115-108-104(106(116-107(103)108)100-88-90-102(114-100)118(8,9)10)110(112,97-83-75-93(76-84-97)69-65-61-57-53-49-45-41-37-33-29-25-21-17-13-3)98-85-77-94(78-86-98)70-66-62-58-54-50-46-42-38-34-30-26-22-18-14-4/h71-90,111-112H,11-70H2,1-10H3. The zero-order chi connectivity index (χ0) is 83.8. The van der Waals surface area contributed by atoms with Crippen molar-refractivity contribution in [3.8, 4) is 19.5 Å². The molecule has 8 aromatic rings. The molecule has 2 nitrogen and oxygen atoms in total. The van der Waals surface area contributed by atoms with E-state index in [-0.39, 0.29) is 0 Å². The van der Waals surface area contributed by atoms with Gasteiger partial charge < -0.3 is 10.2 Å². The van der Waals surface area contributed by atoms with Crippen LogP contribution >= 0.6 is 45.3 Å². The predicted octanol–water partition coefficient (Wildman–Crippen LogP) is 36.2. The van der Waals surface area contributed by atoms with E-state index in [0.29, 0.717) is 0 Å². The van der Waals surface area contributed by atoms with Gasteiger partial charge in [0, 0.05) is 20.9 Å². The molecule has 4 aromatic carbocycles. The molecule has 8 rings (SSSR count).